The van der Waals surface area contributed by atoms with Crippen molar-refractivity contribution in [2.75, 3.05) is 24.5 Å². The average molecular weight is 324 g/mol. The van der Waals surface area contributed by atoms with Crippen molar-refractivity contribution in [1.29, 1.82) is 0 Å². The molecule has 0 spiro atoms. The Kier molecular flexibility index (Phi) is 3.79. The molecule has 2 aromatic heterocycles. The lowest BCUT2D eigenvalue weighted by Crippen LogP contribution is -2.48. The van der Waals surface area contributed by atoms with Gasteiger partial charge in [0.15, 0.2) is 5.82 Å². The maximum atomic E-state index is 10.8. The molecule has 0 saturated carbocycles. The molecular weight excluding hydrogens is 304 g/mol. The van der Waals surface area contributed by atoms with Crippen LogP contribution in [-0.4, -0.2) is 42.6 Å². The molecule has 3 rings (SSSR count). The molecule has 1 fully saturated rings. The highest BCUT2D eigenvalue weighted by molar-refractivity contribution is 7.87. The van der Waals surface area contributed by atoms with Crippen molar-refractivity contribution in [3.05, 3.63) is 18.1 Å². The first-order valence-corrected chi connectivity index (χ1v) is 8.69. The Bertz CT molecular complexity index is 794. The van der Waals surface area contributed by atoms with E-state index in [4.69, 9.17) is 5.14 Å². The molecule has 1 aliphatic rings. The SMILES string of the molecule is Cc1cc2ncnc(N3CC(CCNS(N)(=O)=O)C3)c2n1C. The summed E-state index contributed by atoms with van der Waals surface area (Å²) in [6, 6.07) is 2.05. The summed E-state index contributed by atoms with van der Waals surface area (Å²) < 4.78 is 26.1. The van der Waals surface area contributed by atoms with Gasteiger partial charge in [-0.3, -0.25) is 0 Å². The van der Waals surface area contributed by atoms with Crippen LogP contribution in [0, 0.1) is 12.8 Å². The fraction of sp³-hybridized carbons (Fsp3) is 0.538. The number of fused-ring (bicyclic) bond motifs is 1. The summed E-state index contributed by atoms with van der Waals surface area (Å²) >= 11 is 0. The van der Waals surface area contributed by atoms with Crippen molar-refractivity contribution < 1.29 is 8.42 Å². The molecule has 0 amide bonds. The van der Waals surface area contributed by atoms with Gasteiger partial charge in [-0.1, -0.05) is 0 Å². The van der Waals surface area contributed by atoms with E-state index in [0.29, 0.717) is 12.5 Å². The van der Waals surface area contributed by atoms with Gasteiger partial charge in [0.1, 0.15) is 11.8 Å². The van der Waals surface area contributed by atoms with Crippen LogP contribution in [0.5, 0.6) is 0 Å². The first kappa shape index (κ1) is 15.2. The summed E-state index contributed by atoms with van der Waals surface area (Å²) in [5.41, 5.74) is 3.14. The number of nitrogens with two attached hydrogens (primary N) is 1. The summed E-state index contributed by atoms with van der Waals surface area (Å²) in [4.78, 5) is 10.9. The molecule has 8 nitrogen and oxygen atoms in total. The zero-order valence-corrected chi connectivity index (χ0v) is 13.5. The lowest BCUT2D eigenvalue weighted by atomic mass is 9.96. The summed E-state index contributed by atoms with van der Waals surface area (Å²) in [6.07, 6.45) is 2.36. The van der Waals surface area contributed by atoms with E-state index >= 15 is 0 Å². The molecule has 0 radical (unpaired) electrons. The van der Waals surface area contributed by atoms with Crippen molar-refractivity contribution in [3.63, 3.8) is 0 Å². The maximum absolute atomic E-state index is 10.8. The summed E-state index contributed by atoms with van der Waals surface area (Å²) in [7, 11) is -1.58. The molecule has 0 bridgehead atoms. The number of nitrogens with one attached hydrogen (secondary N) is 1. The van der Waals surface area contributed by atoms with Crippen LogP contribution in [0.15, 0.2) is 12.4 Å². The molecule has 3 heterocycles. The zero-order chi connectivity index (χ0) is 15.9. The second-order valence-electron chi connectivity index (χ2n) is 5.77. The number of aryl methyl sites for hydroxylation is 2. The van der Waals surface area contributed by atoms with E-state index in [-0.39, 0.29) is 0 Å². The highest BCUT2D eigenvalue weighted by atomic mass is 32.2. The van der Waals surface area contributed by atoms with Crippen molar-refractivity contribution in [1.82, 2.24) is 19.3 Å². The Morgan fingerprint density at radius 1 is 1.41 bits per heavy atom. The molecule has 22 heavy (non-hydrogen) atoms. The third kappa shape index (κ3) is 2.92. The number of hydrogen-bond donors (Lipinski definition) is 2. The van der Waals surface area contributed by atoms with Crippen molar-refractivity contribution in [2.45, 2.75) is 13.3 Å². The largest absolute Gasteiger partial charge is 0.354 e. The van der Waals surface area contributed by atoms with Crippen molar-refractivity contribution in [3.8, 4) is 0 Å². The predicted octanol–water partition coefficient (Wildman–Crippen LogP) is -0.104. The number of anilines is 1. The minimum absolute atomic E-state index is 0.375. The van der Waals surface area contributed by atoms with E-state index in [1.165, 1.54) is 0 Å². The topological polar surface area (TPSA) is 106 Å². The van der Waals surface area contributed by atoms with Gasteiger partial charge in [0.25, 0.3) is 10.2 Å². The minimum Gasteiger partial charge on any atom is -0.354 e. The van der Waals surface area contributed by atoms with Crippen LogP contribution in [0.2, 0.25) is 0 Å². The quantitative estimate of drug-likeness (QED) is 0.798. The summed E-state index contributed by atoms with van der Waals surface area (Å²) in [5, 5.41) is 4.91. The second-order valence-corrected chi connectivity index (χ2v) is 7.15. The zero-order valence-electron chi connectivity index (χ0n) is 12.7. The van der Waals surface area contributed by atoms with Crippen molar-refractivity contribution in [2.24, 2.45) is 18.1 Å². The molecule has 3 N–H and O–H groups in total. The van der Waals surface area contributed by atoms with Crippen LogP contribution < -0.4 is 14.8 Å². The fourth-order valence-corrected chi connectivity index (χ4v) is 3.25. The predicted molar refractivity (Wildman–Crippen MR) is 84.7 cm³/mol. The van der Waals surface area contributed by atoms with Crippen LogP contribution in [-0.2, 0) is 17.3 Å². The van der Waals surface area contributed by atoms with E-state index in [2.05, 4.69) is 24.2 Å². The first-order chi connectivity index (χ1) is 10.3. The Labute approximate surface area is 129 Å². The van der Waals surface area contributed by atoms with Crippen LogP contribution in [0.4, 0.5) is 5.82 Å². The van der Waals surface area contributed by atoms with E-state index < -0.39 is 10.2 Å². The number of nitrogens with zero attached hydrogens (tertiary/aromatic N) is 4. The molecule has 0 atom stereocenters. The lowest BCUT2D eigenvalue weighted by molar-refractivity contribution is 0.382. The van der Waals surface area contributed by atoms with E-state index in [9.17, 15) is 8.42 Å². The highest BCUT2D eigenvalue weighted by Gasteiger charge is 2.29. The summed E-state index contributed by atoms with van der Waals surface area (Å²) in [5.74, 6) is 1.39. The Hall–Kier alpha value is -1.71. The van der Waals surface area contributed by atoms with Gasteiger partial charge in [0.2, 0.25) is 0 Å². The summed E-state index contributed by atoms with van der Waals surface area (Å²) in [6.45, 7) is 4.15. The first-order valence-electron chi connectivity index (χ1n) is 7.14. The number of aromatic nitrogens is 3. The number of hydrogen-bond acceptors (Lipinski definition) is 5. The lowest BCUT2D eigenvalue weighted by Gasteiger charge is -2.40. The third-order valence-corrected chi connectivity index (χ3v) is 4.76. The molecule has 2 aromatic rings. The fourth-order valence-electron chi connectivity index (χ4n) is 2.84. The van der Waals surface area contributed by atoms with Gasteiger partial charge in [0, 0.05) is 32.4 Å². The van der Waals surface area contributed by atoms with Gasteiger partial charge >= 0.3 is 0 Å². The molecule has 1 saturated heterocycles. The van der Waals surface area contributed by atoms with Gasteiger partial charge in [-0.2, -0.15) is 8.42 Å². The van der Waals surface area contributed by atoms with Crippen LogP contribution in [0.1, 0.15) is 12.1 Å². The van der Waals surface area contributed by atoms with Gasteiger partial charge < -0.3 is 9.47 Å². The van der Waals surface area contributed by atoms with E-state index in [1.54, 1.807) is 6.33 Å². The molecule has 0 aliphatic carbocycles. The smallest absolute Gasteiger partial charge is 0.274 e. The molecule has 0 aromatic carbocycles. The highest BCUT2D eigenvalue weighted by Crippen LogP contribution is 2.31. The van der Waals surface area contributed by atoms with E-state index in [0.717, 1.165) is 42.1 Å². The Balaban J connectivity index is 1.66. The Morgan fingerprint density at radius 2 is 2.14 bits per heavy atom. The van der Waals surface area contributed by atoms with Crippen molar-refractivity contribution >= 4 is 27.1 Å². The maximum Gasteiger partial charge on any atom is 0.274 e. The normalized spacial score (nSPS) is 16.2. The van der Waals surface area contributed by atoms with Gasteiger partial charge in [-0.25, -0.2) is 19.8 Å². The van der Waals surface area contributed by atoms with E-state index in [1.807, 2.05) is 20.0 Å². The standard InChI is InChI=1S/C13H20N6O2S/c1-9-5-11-12(18(9)2)13(16-8-15-11)19-6-10(7-19)3-4-17-22(14,20)21/h5,8,10,17H,3-4,6-7H2,1-2H3,(H2,14,20,21). The molecule has 9 heteroatoms. The monoisotopic (exact) mass is 324 g/mol. The molecule has 120 valence electrons. The number of rotatable bonds is 5. The molecular formula is C13H20N6O2S. The van der Waals surface area contributed by atoms with Gasteiger partial charge in [0.05, 0.1) is 5.52 Å². The Morgan fingerprint density at radius 3 is 2.82 bits per heavy atom. The minimum atomic E-state index is -3.59. The van der Waals surface area contributed by atoms with Gasteiger partial charge in [-0.05, 0) is 25.3 Å². The molecule has 0 unspecified atom stereocenters. The second kappa shape index (κ2) is 5.49. The van der Waals surface area contributed by atoms with Crippen LogP contribution in [0.25, 0.3) is 11.0 Å². The van der Waals surface area contributed by atoms with Crippen LogP contribution in [0.3, 0.4) is 0 Å². The van der Waals surface area contributed by atoms with Crippen LogP contribution >= 0.6 is 0 Å². The third-order valence-electron chi connectivity index (χ3n) is 4.15. The average Bonchev–Trinajstić information content (AvgIpc) is 2.67. The molecule has 1 aliphatic heterocycles. The van der Waals surface area contributed by atoms with Gasteiger partial charge in [-0.15, -0.1) is 0 Å².